The summed E-state index contributed by atoms with van der Waals surface area (Å²) < 4.78 is 36.8. The van der Waals surface area contributed by atoms with Crippen molar-refractivity contribution >= 4 is 11.6 Å². The lowest BCUT2D eigenvalue weighted by molar-refractivity contribution is 0.0667. The highest BCUT2D eigenvalue weighted by Gasteiger charge is 2.50. The van der Waals surface area contributed by atoms with E-state index in [0.717, 1.165) is 6.42 Å². The molecular formula is C15H19F2N3O2. The van der Waals surface area contributed by atoms with Crippen LogP contribution in [0.15, 0.2) is 23.2 Å². The van der Waals surface area contributed by atoms with Gasteiger partial charge in [0.1, 0.15) is 0 Å². The number of nitrogens with two attached hydrogens (primary N) is 1. The highest BCUT2D eigenvalue weighted by atomic mass is 19.3. The van der Waals surface area contributed by atoms with Crippen LogP contribution in [0.1, 0.15) is 19.3 Å². The van der Waals surface area contributed by atoms with E-state index in [1.54, 1.807) is 18.2 Å². The number of rotatable bonds is 4. The highest BCUT2D eigenvalue weighted by Crippen LogP contribution is 2.50. The molecule has 0 amide bonds. The van der Waals surface area contributed by atoms with E-state index in [4.69, 9.17) is 15.2 Å². The zero-order valence-corrected chi connectivity index (χ0v) is 12.1. The van der Waals surface area contributed by atoms with Crippen molar-refractivity contribution in [3.05, 3.63) is 18.2 Å². The third-order valence-electron chi connectivity index (χ3n) is 3.94. The molecule has 0 spiro atoms. The second kappa shape index (κ2) is 5.98. The predicted molar refractivity (Wildman–Crippen MR) is 79.8 cm³/mol. The molecule has 1 heterocycles. The Hall–Kier alpha value is -2.05. The minimum absolute atomic E-state index is 0.0497. The van der Waals surface area contributed by atoms with Crippen LogP contribution in [0.5, 0.6) is 11.5 Å². The average Bonchev–Trinajstić information content (AvgIpc) is 3.29. The molecule has 1 fully saturated rings. The van der Waals surface area contributed by atoms with Crippen LogP contribution in [0.3, 0.4) is 0 Å². The van der Waals surface area contributed by atoms with Crippen molar-refractivity contribution in [1.82, 2.24) is 0 Å². The first kappa shape index (κ1) is 14.9. The van der Waals surface area contributed by atoms with Gasteiger partial charge in [-0.2, -0.15) is 0 Å². The molecule has 1 aliphatic carbocycles. The maximum Gasteiger partial charge on any atom is 0.245 e. The van der Waals surface area contributed by atoms with Gasteiger partial charge in [0.15, 0.2) is 17.5 Å². The van der Waals surface area contributed by atoms with Crippen molar-refractivity contribution in [1.29, 1.82) is 0 Å². The van der Waals surface area contributed by atoms with E-state index in [1.165, 1.54) is 0 Å². The number of nitrogens with zero attached hydrogens (tertiary/aromatic N) is 1. The smallest absolute Gasteiger partial charge is 0.245 e. The number of benzene rings is 1. The lowest BCUT2D eigenvalue weighted by atomic mass is 10.1. The Morgan fingerprint density at radius 2 is 2.00 bits per heavy atom. The molecule has 0 aromatic heterocycles. The molecule has 0 bridgehead atoms. The Morgan fingerprint density at radius 1 is 1.27 bits per heavy atom. The van der Waals surface area contributed by atoms with Crippen LogP contribution in [0.4, 0.5) is 14.5 Å². The van der Waals surface area contributed by atoms with Crippen molar-refractivity contribution in [2.24, 2.45) is 16.1 Å². The molecule has 0 saturated heterocycles. The number of aliphatic imine (C=N–C) groups is 1. The summed E-state index contributed by atoms with van der Waals surface area (Å²) in [5.74, 6) is 1.45. The van der Waals surface area contributed by atoms with Gasteiger partial charge in [0, 0.05) is 18.2 Å². The van der Waals surface area contributed by atoms with Gasteiger partial charge in [0.05, 0.1) is 25.2 Å². The Morgan fingerprint density at radius 3 is 2.68 bits per heavy atom. The number of hydrogen-bond donors (Lipinski definition) is 2. The Kier molecular flexibility index (Phi) is 4.04. The van der Waals surface area contributed by atoms with Crippen molar-refractivity contribution in [2.75, 3.05) is 25.1 Å². The van der Waals surface area contributed by atoms with Gasteiger partial charge < -0.3 is 20.5 Å². The van der Waals surface area contributed by atoms with Gasteiger partial charge in [-0.3, -0.25) is 4.99 Å². The molecule has 5 nitrogen and oxygen atoms in total. The molecule has 3 N–H and O–H groups in total. The van der Waals surface area contributed by atoms with E-state index >= 15 is 0 Å². The number of alkyl halides is 2. The van der Waals surface area contributed by atoms with Crippen molar-refractivity contribution in [3.63, 3.8) is 0 Å². The van der Waals surface area contributed by atoms with Crippen LogP contribution in [-0.2, 0) is 0 Å². The Labute approximate surface area is 127 Å². The maximum absolute atomic E-state index is 12.8. The topological polar surface area (TPSA) is 68.9 Å². The number of nitrogens with one attached hydrogen (secondary N) is 1. The fourth-order valence-corrected chi connectivity index (χ4v) is 2.28. The van der Waals surface area contributed by atoms with Crippen LogP contribution in [-0.4, -0.2) is 32.1 Å². The lowest BCUT2D eigenvalue weighted by Gasteiger charge is -2.13. The molecule has 0 unspecified atom stereocenters. The van der Waals surface area contributed by atoms with Gasteiger partial charge >= 0.3 is 0 Å². The number of ether oxygens (including phenoxy) is 2. The minimum Gasteiger partial charge on any atom is -0.490 e. The molecule has 1 aromatic rings. The number of fused-ring (bicyclic) bond motifs is 1. The number of halogens is 2. The van der Waals surface area contributed by atoms with E-state index in [-0.39, 0.29) is 12.5 Å². The van der Waals surface area contributed by atoms with Gasteiger partial charge in [0.2, 0.25) is 6.43 Å². The first-order chi connectivity index (χ1) is 10.6. The summed E-state index contributed by atoms with van der Waals surface area (Å²) in [5, 5.41) is 2.90. The van der Waals surface area contributed by atoms with Crippen LogP contribution < -0.4 is 20.5 Å². The molecular weight excluding hydrogens is 292 g/mol. The van der Waals surface area contributed by atoms with Gasteiger partial charge in [0.25, 0.3) is 0 Å². The summed E-state index contributed by atoms with van der Waals surface area (Å²) >= 11 is 0. The van der Waals surface area contributed by atoms with E-state index in [9.17, 15) is 8.78 Å². The highest BCUT2D eigenvalue weighted by molar-refractivity contribution is 5.92. The third-order valence-corrected chi connectivity index (χ3v) is 3.94. The summed E-state index contributed by atoms with van der Waals surface area (Å²) in [7, 11) is 0. The van der Waals surface area contributed by atoms with Gasteiger partial charge in [-0.1, -0.05) is 0 Å². The van der Waals surface area contributed by atoms with Gasteiger partial charge in [-0.25, -0.2) is 8.78 Å². The molecule has 120 valence electrons. The van der Waals surface area contributed by atoms with Crippen LogP contribution in [0, 0.1) is 5.41 Å². The number of anilines is 1. The standard InChI is InChI=1S/C15H19F2N3O2/c16-13(17)15(4-5-15)9-19-14(18)20-10-2-3-11-12(8-10)22-7-1-6-21-11/h2-3,8,13H,1,4-7,9H2,(H3,18,19,20). The number of guanidine groups is 1. The van der Waals surface area contributed by atoms with Crippen molar-refractivity contribution in [2.45, 2.75) is 25.7 Å². The Balaban J connectivity index is 1.64. The first-order valence-corrected chi connectivity index (χ1v) is 7.34. The van der Waals surface area contributed by atoms with Crippen molar-refractivity contribution in [3.8, 4) is 11.5 Å². The SMILES string of the molecule is NC(=NCC1(C(F)F)CC1)Nc1ccc2c(c1)OCCCO2. The van der Waals surface area contributed by atoms with Gasteiger partial charge in [-0.05, 0) is 25.0 Å². The molecule has 2 aliphatic rings. The fourth-order valence-electron chi connectivity index (χ4n) is 2.28. The minimum atomic E-state index is -2.35. The van der Waals surface area contributed by atoms with E-state index in [0.29, 0.717) is 43.2 Å². The Bertz CT molecular complexity index is 574. The normalized spacial score (nSPS) is 19.7. The lowest BCUT2D eigenvalue weighted by Crippen LogP contribution is -2.25. The second-order valence-electron chi connectivity index (χ2n) is 5.70. The molecule has 3 rings (SSSR count). The molecule has 7 heteroatoms. The van der Waals surface area contributed by atoms with Crippen LogP contribution in [0.25, 0.3) is 0 Å². The van der Waals surface area contributed by atoms with E-state index in [1.807, 2.05) is 0 Å². The van der Waals surface area contributed by atoms with E-state index in [2.05, 4.69) is 10.3 Å². The predicted octanol–water partition coefficient (Wildman–Crippen LogP) is 2.62. The summed E-state index contributed by atoms with van der Waals surface area (Å²) in [6.45, 7) is 1.27. The quantitative estimate of drug-likeness (QED) is 0.662. The number of hydrogen-bond acceptors (Lipinski definition) is 3. The van der Waals surface area contributed by atoms with Gasteiger partial charge in [-0.15, -0.1) is 0 Å². The van der Waals surface area contributed by atoms with Crippen LogP contribution in [0.2, 0.25) is 0 Å². The summed E-state index contributed by atoms with van der Waals surface area (Å²) in [6, 6.07) is 5.34. The zero-order chi connectivity index (χ0) is 15.6. The van der Waals surface area contributed by atoms with E-state index < -0.39 is 11.8 Å². The third kappa shape index (κ3) is 3.23. The monoisotopic (exact) mass is 311 g/mol. The second-order valence-corrected chi connectivity index (χ2v) is 5.70. The summed E-state index contributed by atoms with van der Waals surface area (Å²) in [6.07, 6.45) is -0.504. The maximum atomic E-state index is 12.8. The zero-order valence-electron chi connectivity index (χ0n) is 12.1. The molecule has 1 aliphatic heterocycles. The molecule has 0 radical (unpaired) electrons. The molecule has 22 heavy (non-hydrogen) atoms. The average molecular weight is 311 g/mol. The summed E-state index contributed by atoms with van der Waals surface area (Å²) in [5.41, 5.74) is 5.50. The first-order valence-electron chi connectivity index (χ1n) is 7.34. The largest absolute Gasteiger partial charge is 0.490 e. The molecule has 0 atom stereocenters. The summed E-state index contributed by atoms with van der Waals surface area (Å²) in [4.78, 5) is 4.04. The molecule has 1 aromatic carbocycles. The molecule has 1 saturated carbocycles. The van der Waals surface area contributed by atoms with Crippen molar-refractivity contribution < 1.29 is 18.3 Å². The van der Waals surface area contributed by atoms with Crippen LogP contribution >= 0.6 is 0 Å². The fraction of sp³-hybridized carbons (Fsp3) is 0.533.